The molecule has 2 saturated heterocycles. The number of carboxylic acid groups (broad SMARTS) is 1. The molecule has 2 aliphatic rings. The highest BCUT2D eigenvalue weighted by molar-refractivity contribution is 5.77. The molecule has 2 atom stereocenters. The first-order chi connectivity index (χ1) is 9.00. The lowest BCUT2D eigenvalue weighted by Gasteiger charge is -2.36. The highest BCUT2D eigenvalue weighted by atomic mass is 16.5. The highest BCUT2D eigenvalue weighted by Crippen LogP contribution is 2.21. The molecule has 0 aliphatic carbocycles. The van der Waals surface area contributed by atoms with Crippen molar-refractivity contribution >= 4 is 12.0 Å². The van der Waals surface area contributed by atoms with Gasteiger partial charge in [-0.1, -0.05) is 0 Å². The third-order valence-electron chi connectivity index (χ3n) is 3.98. The third kappa shape index (κ3) is 2.98. The zero-order valence-electron chi connectivity index (χ0n) is 11.1. The number of amides is 2. The van der Waals surface area contributed by atoms with E-state index in [1.165, 1.54) is 4.90 Å². The van der Waals surface area contributed by atoms with Gasteiger partial charge in [-0.15, -0.1) is 0 Å². The molecule has 2 heterocycles. The summed E-state index contributed by atoms with van der Waals surface area (Å²) in [5.74, 6) is -1.55. The van der Waals surface area contributed by atoms with Gasteiger partial charge in [0.15, 0.2) is 0 Å². The lowest BCUT2D eigenvalue weighted by atomic mass is 10.0. The summed E-state index contributed by atoms with van der Waals surface area (Å²) in [5, 5.41) is 9.11. The van der Waals surface area contributed by atoms with E-state index in [9.17, 15) is 9.59 Å². The summed E-state index contributed by atoms with van der Waals surface area (Å²) in [6.45, 7) is 1.72. The van der Waals surface area contributed by atoms with Crippen molar-refractivity contribution in [2.45, 2.75) is 24.9 Å². The van der Waals surface area contributed by atoms with E-state index in [-0.39, 0.29) is 31.3 Å². The average Bonchev–Trinajstić information content (AvgIpc) is 2.87. The van der Waals surface area contributed by atoms with Gasteiger partial charge in [-0.2, -0.15) is 0 Å². The predicted octanol–water partition coefficient (Wildman–Crippen LogP) is -0.439. The van der Waals surface area contributed by atoms with Gasteiger partial charge in [0.1, 0.15) is 5.92 Å². The predicted molar refractivity (Wildman–Crippen MR) is 67.7 cm³/mol. The summed E-state index contributed by atoms with van der Waals surface area (Å²) in [6.07, 6.45) is 1.59. The van der Waals surface area contributed by atoms with Gasteiger partial charge >= 0.3 is 12.0 Å². The summed E-state index contributed by atoms with van der Waals surface area (Å²) in [5.41, 5.74) is 5.81. The maximum Gasteiger partial charge on any atom is 0.320 e. The van der Waals surface area contributed by atoms with Gasteiger partial charge in [0, 0.05) is 26.2 Å². The number of likely N-dealkylation sites (tertiary alicyclic amines) is 1. The van der Waals surface area contributed by atoms with Crippen LogP contribution in [0.25, 0.3) is 0 Å². The standard InChI is InChI=1S/C12H21N3O4/c1-14(10-7-19-6-9(10)11(16)17)12(18)15-4-2-8(13)3-5-15/h8-10H,2-7,13H2,1H3,(H,16,17). The van der Waals surface area contributed by atoms with Gasteiger partial charge in [-0.25, -0.2) is 4.79 Å². The third-order valence-corrected chi connectivity index (χ3v) is 3.98. The minimum Gasteiger partial charge on any atom is -0.481 e. The quantitative estimate of drug-likeness (QED) is 0.710. The van der Waals surface area contributed by atoms with Crippen molar-refractivity contribution in [1.29, 1.82) is 0 Å². The fourth-order valence-electron chi connectivity index (χ4n) is 2.62. The molecule has 0 spiro atoms. The zero-order chi connectivity index (χ0) is 14.0. The summed E-state index contributed by atoms with van der Waals surface area (Å²) >= 11 is 0. The Balaban J connectivity index is 1.96. The molecule has 0 aromatic rings. The molecule has 108 valence electrons. The SMILES string of the molecule is CN(C(=O)N1CCC(N)CC1)C1COCC1C(=O)O. The van der Waals surface area contributed by atoms with E-state index in [4.69, 9.17) is 15.6 Å². The molecule has 0 aromatic carbocycles. The monoisotopic (exact) mass is 271 g/mol. The largest absolute Gasteiger partial charge is 0.481 e. The first-order valence-electron chi connectivity index (χ1n) is 6.58. The number of carbonyl (C=O) groups is 2. The van der Waals surface area contributed by atoms with Crippen molar-refractivity contribution in [2.75, 3.05) is 33.4 Å². The van der Waals surface area contributed by atoms with Gasteiger partial charge in [0.2, 0.25) is 0 Å². The average molecular weight is 271 g/mol. The summed E-state index contributed by atoms with van der Waals surface area (Å²) in [6, 6.07) is -0.356. The second-order valence-electron chi connectivity index (χ2n) is 5.27. The Morgan fingerprint density at radius 2 is 1.95 bits per heavy atom. The lowest BCUT2D eigenvalue weighted by molar-refractivity contribution is -0.142. The molecule has 2 rings (SSSR count). The van der Waals surface area contributed by atoms with Crippen LogP contribution in [0, 0.1) is 5.92 Å². The van der Waals surface area contributed by atoms with Gasteiger partial charge in [0.25, 0.3) is 0 Å². The van der Waals surface area contributed by atoms with Gasteiger partial charge in [-0.05, 0) is 12.8 Å². The van der Waals surface area contributed by atoms with E-state index in [0.717, 1.165) is 12.8 Å². The second kappa shape index (κ2) is 5.75. The van der Waals surface area contributed by atoms with Gasteiger partial charge in [-0.3, -0.25) is 4.79 Å². The van der Waals surface area contributed by atoms with Crippen molar-refractivity contribution in [3.63, 3.8) is 0 Å². The molecule has 3 N–H and O–H groups in total. The molecule has 19 heavy (non-hydrogen) atoms. The first-order valence-corrected chi connectivity index (χ1v) is 6.58. The van der Waals surface area contributed by atoms with Crippen LogP contribution in [0.1, 0.15) is 12.8 Å². The number of likely N-dealkylation sites (N-methyl/N-ethyl adjacent to an activating group) is 1. The molecule has 7 nitrogen and oxygen atoms in total. The van der Waals surface area contributed by atoms with Crippen LogP contribution in [0.15, 0.2) is 0 Å². The molecule has 7 heteroatoms. The minimum atomic E-state index is -0.914. The van der Waals surface area contributed by atoms with Crippen molar-refractivity contribution in [2.24, 2.45) is 11.7 Å². The maximum atomic E-state index is 12.3. The normalized spacial score (nSPS) is 28.4. The molecule has 0 bridgehead atoms. The fourth-order valence-corrected chi connectivity index (χ4v) is 2.62. The first kappa shape index (κ1) is 14.1. The number of carboxylic acids is 1. The van der Waals surface area contributed by atoms with E-state index in [1.54, 1.807) is 11.9 Å². The van der Waals surface area contributed by atoms with E-state index in [0.29, 0.717) is 13.1 Å². The van der Waals surface area contributed by atoms with E-state index < -0.39 is 11.9 Å². The molecule has 0 aromatic heterocycles. The number of rotatable bonds is 2. The number of ether oxygens (including phenoxy) is 1. The minimum absolute atomic E-state index is 0.131. The van der Waals surface area contributed by atoms with Gasteiger partial charge in [0.05, 0.1) is 19.3 Å². The Morgan fingerprint density at radius 3 is 2.53 bits per heavy atom. The topological polar surface area (TPSA) is 96.1 Å². The number of hydrogen-bond acceptors (Lipinski definition) is 4. The van der Waals surface area contributed by atoms with Crippen LogP contribution in [0.4, 0.5) is 4.79 Å². The van der Waals surface area contributed by atoms with E-state index >= 15 is 0 Å². The Bertz CT molecular complexity index is 355. The Labute approximate surface area is 112 Å². The van der Waals surface area contributed by atoms with Crippen molar-refractivity contribution in [1.82, 2.24) is 9.80 Å². The number of piperidine rings is 1. The zero-order valence-corrected chi connectivity index (χ0v) is 11.1. The number of hydrogen-bond donors (Lipinski definition) is 2. The molecule has 2 aliphatic heterocycles. The maximum absolute atomic E-state index is 12.3. The van der Waals surface area contributed by atoms with Crippen LogP contribution in [0.3, 0.4) is 0 Å². The highest BCUT2D eigenvalue weighted by Gasteiger charge is 2.39. The molecule has 2 unspecified atom stereocenters. The second-order valence-corrected chi connectivity index (χ2v) is 5.27. The smallest absolute Gasteiger partial charge is 0.320 e. The number of nitrogens with two attached hydrogens (primary N) is 1. The van der Waals surface area contributed by atoms with Crippen LogP contribution in [-0.2, 0) is 9.53 Å². The van der Waals surface area contributed by atoms with Crippen molar-refractivity contribution in [3.8, 4) is 0 Å². The Kier molecular flexibility index (Phi) is 4.26. The molecule has 2 amide bonds. The fraction of sp³-hybridized carbons (Fsp3) is 0.833. The number of aliphatic carboxylic acids is 1. The molecular formula is C12H21N3O4. The Hall–Kier alpha value is -1.34. The molecule has 0 radical (unpaired) electrons. The molecule has 0 saturated carbocycles. The van der Waals surface area contributed by atoms with E-state index in [1.807, 2.05) is 0 Å². The summed E-state index contributed by atoms with van der Waals surface area (Å²) in [4.78, 5) is 26.7. The van der Waals surface area contributed by atoms with Crippen LogP contribution < -0.4 is 5.73 Å². The van der Waals surface area contributed by atoms with Crippen LogP contribution in [-0.4, -0.2) is 72.3 Å². The number of nitrogens with zero attached hydrogens (tertiary/aromatic N) is 2. The Morgan fingerprint density at radius 1 is 1.32 bits per heavy atom. The van der Waals surface area contributed by atoms with Crippen LogP contribution >= 0.6 is 0 Å². The van der Waals surface area contributed by atoms with E-state index in [2.05, 4.69) is 0 Å². The molecule has 2 fully saturated rings. The van der Waals surface area contributed by atoms with Crippen molar-refractivity contribution in [3.05, 3.63) is 0 Å². The van der Waals surface area contributed by atoms with Gasteiger partial charge < -0.3 is 25.4 Å². The van der Waals surface area contributed by atoms with Crippen LogP contribution in [0.2, 0.25) is 0 Å². The summed E-state index contributed by atoms with van der Waals surface area (Å²) < 4.78 is 5.19. The number of urea groups is 1. The summed E-state index contributed by atoms with van der Waals surface area (Å²) in [7, 11) is 1.64. The molecular weight excluding hydrogens is 250 g/mol. The lowest BCUT2D eigenvalue weighted by Crippen LogP contribution is -2.52. The van der Waals surface area contributed by atoms with Crippen molar-refractivity contribution < 1.29 is 19.4 Å². The van der Waals surface area contributed by atoms with Crippen LogP contribution in [0.5, 0.6) is 0 Å². The number of carbonyl (C=O) groups excluding carboxylic acids is 1.